The molecule has 0 radical (unpaired) electrons. The van der Waals surface area contributed by atoms with Crippen LogP contribution in [-0.4, -0.2) is 16.9 Å². The van der Waals surface area contributed by atoms with Crippen molar-refractivity contribution in [2.45, 2.75) is 32.4 Å². The van der Waals surface area contributed by atoms with E-state index >= 15 is 0 Å². The van der Waals surface area contributed by atoms with Gasteiger partial charge in [-0.25, -0.2) is 4.98 Å². The molecule has 130 valence electrons. The lowest BCUT2D eigenvalue weighted by Crippen LogP contribution is -2.16. The van der Waals surface area contributed by atoms with Crippen LogP contribution in [0.4, 0.5) is 0 Å². The number of hydrogen-bond acceptors (Lipinski definition) is 4. The van der Waals surface area contributed by atoms with Gasteiger partial charge in [-0.15, -0.1) is 0 Å². The van der Waals surface area contributed by atoms with E-state index in [1.54, 1.807) is 6.20 Å². The van der Waals surface area contributed by atoms with Gasteiger partial charge in [0.25, 0.3) is 0 Å². The monoisotopic (exact) mass is 356 g/mol. The first-order chi connectivity index (χ1) is 12.1. The van der Waals surface area contributed by atoms with Gasteiger partial charge < -0.3 is 8.83 Å². The Balaban J connectivity index is 1.37. The van der Waals surface area contributed by atoms with Gasteiger partial charge in [0.15, 0.2) is 5.76 Å². The van der Waals surface area contributed by atoms with Crippen LogP contribution in [0.1, 0.15) is 36.7 Å². The molecular formula is C20H21ClN2O2. The molecule has 0 amide bonds. The van der Waals surface area contributed by atoms with Gasteiger partial charge in [0.1, 0.15) is 11.5 Å². The lowest BCUT2D eigenvalue weighted by atomic mass is 10.2. The molecule has 1 aliphatic carbocycles. The molecule has 5 heteroatoms. The van der Waals surface area contributed by atoms with Crippen LogP contribution < -0.4 is 0 Å². The van der Waals surface area contributed by atoms with E-state index in [2.05, 4.69) is 28.9 Å². The zero-order chi connectivity index (χ0) is 17.4. The lowest BCUT2D eigenvalue weighted by molar-refractivity contribution is 0.257. The Morgan fingerprint density at radius 3 is 2.60 bits per heavy atom. The van der Waals surface area contributed by atoms with Crippen LogP contribution >= 0.6 is 11.6 Å². The summed E-state index contributed by atoms with van der Waals surface area (Å²) in [4.78, 5) is 6.51. The largest absolute Gasteiger partial charge is 0.464 e. The predicted octanol–water partition coefficient (Wildman–Crippen LogP) is 5.34. The van der Waals surface area contributed by atoms with Crippen LogP contribution in [0.2, 0.25) is 5.02 Å². The summed E-state index contributed by atoms with van der Waals surface area (Å²) in [6.45, 7) is 3.63. The van der Waals surface area contributed by atoms with Gasteiger partial charge in [0.05, 0.1) is 19.3 Å². The highest BCUT2D eigenvalue weighted by molar-refractivity contribution is 6.30. The molecule has 1 saturated carbocycles. The molecule has 3 aromatic rings. The molecule has 4 nitrogen and oxygen atoms in total. The second kappa shape index (κ2) is 6.70. The SMILES string of the molecule is C[C@H]1C[C@H]1c1ccc(CN(C)Cc2ncc(-c3ccc(Cl)cc3)o2)o1. The number of halogens is 1. The minimum atomic E-state index is 0.618. The number of rotatable bonds is 6. The first-order valence-electron chi connectivity index (χ1n) is 8.56. The van der Waals surface area contributed by atoms with E-state index in [1.807, 2.05) is 31.3 Å². The van der Waals surface area contributed by atoms with E-state index in [0.29, 0.717) is 23.4 Å². The molecule has 0 aliphatic heterocycles. The van der Waals surface area contributed by atoms with Crippen molar-refractivity contribution in [3.8, 4) is 11.3 Å². The third-order valence-corrected chi connectivity index (χ3v) is 4.92. The van der Waals surface area contributed by atoms with Crippen LogP contribution in [0.15, 0.2) is 51.4 Å². The normalized spacial score (nSPS) is 19.5. The van der Waals surface area contributed by atoms with Gasteiger partial charge in [-0.1, -0.05) is 18.5 Å². The molecule has 0 bridgehead atoms. The van der Waals surface area contributed by atoms with Gasteiger partial charge in [0.2, 0.25) is 5.89 Å². The van der Waals surface area contributed by atoms with Gasteiger partial charge >= 0.3 is 0 Å². The Hall–Kier alpha value is -2.04. The van der Waals surface area contributed by atoms with Crippen molar-refractivity contribution in [2.75, 3.05) is 7.05 Å². The first-order valence-corrected chi connectivity index (χ1v) is 8.94. The molecule has 2 aromatic heterocycles. The lowest BCUT2D eigenvalue weighted by Gasteiger charge is -2.12. The second-order valence-corrected chi connectivity index (χ2v) is 7.36. The summed E-state index contributed by atoms with van der Waals surface area (Å²) >= 11 is 5.92. The van der Waals surface area contributed by atoms with E-state index in [9.17, 15) is 0 Å². The number of benzene rings is 1. The summed E-state index contributed by atoms with van der Waals surface area (Å²) in [6, 6.07) is 11.7. The zero-order valence-corrected chi connectivity index (χ0v) is 15.2. The summed E-state index contributed by atoms with van der Waals surface area (Å²) in [5.74, 6) is 4.93. The van der Waals surface area contributed by atoms with Gasteiger partial charge in [-0.2, -0.15) is 0 Å². The fourth-order valence-electron chi connectivity index (χ4n) is 3.08. The Morgan fingerprint density at radius 2 is 1.88 bits per heavy atom. The average molecular weight is 357 g/mol. The van der Waals surface area contributed by atoms with Crippen molar-refractivity contribution in [2.24, 2.45) is 5.92 Å². The molecular weight excluding hydrogens is 336 g/mol. The molecule has 1 aromatic carbocycles. The second-order valence-electron chi connectivity index (χ2n) is 6.92. The summed E-state index contributed by atoms with van der Waals surface area (Å²) in [5.41, 5.74) is 0.972. The highest BCUT2D eigenvalue weighted by atomic mass is 35.5. The molecule has 0 spiro atoms. The quantitative estimate of drug-likeness (QED) is 0.597. The van der Waals surface area contributed by atoms with Crippen LogP contribution in [-0.2, 0) is 13.1 Å². The molecule has 25 heavy (non-hydrogen) atoms. The molecule has 2 heterocycles. The Kier molecular flexibility index (Phi) is 4.40. The average Bonchev–Trinajstić information content (AvgIpc) is 2.99. The third kappa shape index (κ3) is 3.80. The maximum absolute atomic E-state index is 5.97. The fraction of sp³-hybridized carbons (Fsp3) is 0.350. The standard InChI is InChI=1S/C20H21ClN2O2/c1-13-9-17(13)18-8-7-16(24-18)11-23(2)12-20-22-10-19(25-20)14-3-5-15(21)6-4-14/h3-8,10,13,17H,9,11-12H2,1-2H3/t13-,17+/m0/s1. The Bertz CT molecular complexity index is 853. The van der Waals surface area contributed by atoms with Crippen LogP contribution in [0.5, 0.6) is 0 Å². The Labute approximate surface area is 152 Å². The molecule has 0 saturated heterocycles. The minimum Gasteiger partial charge on any atom is -0.464 e. The van der Waals surface area contributed by atoms with Crippen molar-refractivity contribution in [1.82, 2.24) is 9.88 Å². The summed E-state index contributed by atoms with van der Waals surface area (Å²) in [5, 5.41) is 0.710. The van der Waals surface area contributed by atoms with E-state index < -0.39 is 0 Å². The Morgan fingerprint density at radius 1 is 1.12 bits per heavy atom. The van der Waals surface area contributed by atoms with Crippen LogP contribution in [0, 0.1) is 5.92 Å². The van der Waals surface area contributed by atoms with E-state index in [-0.39, 0.29) is 0 Å². The third-order valence-electron chi connectivity index (χ3n) is 4.67. The highest BCUT2D eigenvalue weighted by Crippen LogP contribution is 2.47. The van der Waals surface area contributed by atoms with Gasteiger partial charge in [0, 0.05) is 16.5 Å². The zero-order valence-electron chi connectivity index (χ0n) is 14.4. The molecule has 0 N–H and O–H groups in total. The maximum Gasteiger partial charge on any atom is 0.209 e. The number of oxazole rings is 1. The summed E-state index contributed by atoms with van der Waals surface area (Å²) in [6.07, 6.45) is 3.00. The first kappa shape index (κ1) is 16.4. The number of nitrogens with zero attached hydrogens (tertiary/aromatic N) is 2. The molecule has 2 atom stereocenters. The van der Waals surface area contributed by atoms with Gasteiger partial charge in [-0.3, -0.25) is 4.90 Å². The number of hydrogen-bond donors (Lipinski definition) is 0. The van der Waals surface area contributed by atoms with Gasteiger partial charge in [-0.05, 0) is 55.8 Å². The topological polar surface area (TPSA) is 42.4 Å². The van der Waals surface area contributed by atoms with Crippen molar-refractivity contribution >= 4 is 11.6 Å². The highest BCUT2D eigenvalue weighted by Gasteiger charge is 2.36. The van der Waals surface area contributed by atoms with Crippen molar-refractivity contribution < 1.29 is 8.83 Å². The molecule has 1 aliphatic rings. The van der Waals surface area contributed by atoms with E-state index in [1.165, 1.54) is 6.42 Å². The number of furan rings is 1. The molecule has 4 rings (SSSR count). The van der Waals surface area contributed by atoms with Crippen molar-refractivity contribution in [3.63, 3.8) is 0 Å². The molecule has 1 fully saturated rings. The fourth-order valence-corrected chi connectivity index (χ4v) is 3.21. The van der Waals surface area contributed by atoms with Crippen molar-refractivity contribution in [1.29, 1.82) is 0 Å². The van der Waals surface area contributed by atoms with E-state index in [0.717, 1.165) is 35.3 Å². The number of aromatic nitrogens is 1. The smallest absolute Gasteiger partial charge is 0.209 e. The minimum absolute atomic E-state index is 0.618. The maximum atomic E-state index is 5.97. The summed E-state index contributed by atoms with van der Waals surface area (Å²) < 4.78 is 11.8. The van der Waals surface area contributed by atoms with Crippen LogP contribution in [0.3, 0.4) is 0 Å². The van der Waals surface area contributed by atoms with E-state index in [4.69, 9.17) is 20.4 Å². The molecule has 0 unspecified atom stereocenters. The summed E-state index contributed by atoms with van der Waals surface area (Å²) in [7, 11) is 2.04. The van der Waals surface area contributed by atoms with Crippen LogP contribution in [0.25, 0.3) is 11.3 Å². The predicted molar refractivity (Wildman–Crippen MR) is 97.4 cm³/mol. The van der Waals surface area contributed by atoms with Crippen molar-refractivity contribution in [3.05, 3.63) is 65.0 Å².